The van der Waals surface area contributed by atoms with Gasteiger partial charge in [-0.05, 0) is 48.0 Å². The normalized spacial score (nSPS) is 15.5. The fourth-order valence-electron chi connectivity index (χ4n) is 3.31. The third-order valence-corrected chi connectivity index (χ3v) is 5.05. The maximum atomic E-state index is 13.7. The van der Waals surface area contributed by atoms with Crippen molar-refractivity contribution in [3.63, 3.8) is 0 Å². The van der Waals surface area contributed by atoms with Crippen LogP contribution in [0.25, 0.3) is 0 Å². The number of nitrogens with zero attached hydrogens (tertiary/aromatic N) is 1. The molecular weight excluding hydrogens is 395 g/mol. The summed E-state index contributed by atoms with van der Waals surface area (Å²) in [6.45, 7) is 0. The van der Waals surface area contributed by atoms with Gasteiger partial charge in [0.05, 0.1) is 23.3 Å². The molecule has 146 valence electrons. The van der Waals surface area contributed by atoms with Gasteiger partial charge >= 0.3 is 5.97 Å². The summed E-state index contributed by atoms with van der Waals surface area (Å²) in [7, 11) is 1.31. The smallest absolute Gasteiger partial charge is 0.337 e. The van der Waals surface area contributed by atoms with E-state index in [1.54, 1.807) is 36.4 Å². The molecule has 0 bridgehead atoms. The standard InChI is InChI=1S/C22H16ClFN2O3/c1-29-22(28)14-8-6-13(7-9-14)20-25-19-5-3-2-4-16(19)21(27)26(20)15-10-11-18(24)17(23)12-15/h2-12,20,25H,1H3/t20-/m0/s1. The van der Waals surface area contributed by atoms with Gasteiger partial charge in [0.25, 0.3) is 5.91 Å². The van der Waals surface area contributed by atoms with Gasteiger partial charge in [0.1, 0.15) is 12.0 Å². The first-order valence-corrected chi connectivity index (χ1v) is 9.20. The van der Waals surface area contributed by atoms with Gasteiger partial charge in [0, 0.05) is 11.4 Å². The quantitative estimate of drug-likeness (QED) is 0.615. The average molecular weight is 411 g/mol. The Bertz CT molecular complexity index is 1100. The van der Waals surface area contributed by atoms with Gasteiger partial charge in [0.15, 0.2) is 0 Å². The summed E-state index contributed by atoms with van der Waals surface area (Å²) in [4.78, 5) is 26.5. The van der Waals surface area contributed by atoms with E-state index >= 15 is 0 Å². The number of methoxy groups -OCH3 is 1. The van der Waals surface area contributed by atoms with Crippen LogP contribution in [0.4, 0.5) is 15.8 Å². The Labute approximate surface area is 171 Å². The predicted molar refractivity (Wildman–Crippen MR) is 109 cm³/mol. The molecule has 0 saturated heterocycles. The lowest BCUT2D eigenvalue weighted by atomic mass is 10.0. The van der Waals surface area contributed by atoms with Gasteiger partial charge in [-0.3, -0.25) is 9.69 Å². The fourth-order valence-corrected chi connectivity index (χ4v) is 3.48. The first-order valence-electron chi connectivity index (χ1n) is 8.82. The molecule has 1 heterocycles. The van der Waals surface area contributed by atoms with Crippen LogP contribution in [-0.2, 0) is 4.74 Å². The molecule has 0 aromatic heterocycles. The van der Waals surface area contributed by atoms with Crippen LogP contribution in [0.1, 0.15) is 32.4 Å². The monoisotopic (exact) mass is 410 g/mol. The van der Waals surface area contributed by atoms with Crippen LogP contribution in [0.15, 0.2) is 66.7 Å². The molecule has 0 aliphatic carbocycles. The summed E-state index contributed by atoms with van der Waals surface area (Å²) in [6, 6.07) is 18.0. The second-order valence-corrected chi connectivity index (χ2v) is 6.89. The number of fused-ring (bicyclic) bond motifs is 1. The molecule has 1 amide bonds. The highest BCUT2D eigenvalue weighted by atomic mass is 35.5. The third kappa shape index (κ3) is 3.43. The predicted octanol–water partition coefficient (Wildman–Crippen LogP) is 5.04. The van der Waals surface area contributed by atoms with E-state index in [2.05, 4.69) is 5.32 Å². The number of nitrogens with one attached hydrogen (secondary N) is 1. The minimum Gasteiger partial charge on any atom is -0.465 e. The molecular formula is C22H16ClFN2O3. The summed E-state index contributed by atoms with van der Waals surface area (Å²) in [5.74, 6) is -1.26. The van der Waals surface area contributed by atoms with Crippen molar-refractivity contribution in [3.8, 4) is 0 Å². The number of halogens is 2. The molecule has 3 aromatic carbocycles. The maximum absolute atomic E-state index is 13.7. The number of anilines is 2. The van der Waals surface area contributed by atoms with Crippen LogP contribution in [0.5, 0.6) is 0 Å². The van der Waals surface area contributed by atoms with Crippen LogP contribution in [0.2, 0.25) is 5.02 Å². The summed E-state index contributed by atoms with van der Waals surface area (Å²) in [6.07, 6.45) is -0.578. The minimum absolute atomic E-state index is 0.0750. The molecule has 0 fully saturated rings. The Morgan fingerprint density at radius 3 is 2.52 bits per heavy atom. The van der Waals surface area contributed by atoms with Crippen molar-refractivity contribution < 1.29 is 18.7 Å². The highest BCUT2D eigenvalue weighted by Crippen LogP contribution is 2.37. The molecule has 5 nitrogen and oxygen atoms in total. The Hall–Kier alpha value is -3.38. The zero-order valence-electron chi connectivity index (χ0n) is 15.4. The van der Waals surface area contributed by atoms with E-state index < -0.39 is 18.0 Å². The Morgan fingerprint density at radius 2 is 1.83 bits per heavy atom. The topological polar surface area (TPSA) is 58.6 Å². The zero-order valence-corrected chi connectivity index (χ0v) is 16.1. The lowest BCUT2D eigenvalue weighted by Gasteiger charge is -2.38. The highest BCUT2D eigenvalue weighted by molar-refractivity contribution is 6.31. The van der Waals surface area contributed by atoms with Crippen molar-refractivity contribution in [1.29, 1.82) is 0 Å². The largest absolute Gasteiger partial charge is 0.465 e. The molecule has 1 aliphatic heterocycles. The number of carbonyl (C=O) groups is 2. The fraction of sp³-hybridized carbons (Fsp3) is 0.0909. The average Bonchev–Trinajstić information content (AvgIpc) is 2.75. The minimum atomic E-state index is -0.578. The van der Waals surface area contributed by atoms with Crippen LogP contribution < -0.4 is 10.2 Å². The third-order valence-electron chi connectivity index (χ3n) is 4.76. The summed E-state index contributed by atoms with van der Waals surface area (Å²) < 4.78 is 18.4. The van der Waals surface area contributed by atoms with Crippen LogP contribution in [0, 0.1) is 5.82 Å². The van der Waals surface area contributed by atoms with Gasteiger partial charge in [-0.1, -0.05) is 35.9 Å². The van der Waals surface area contributed by atoms with Crippen molar-refractivity contribution in [2.45, 2.75) is 6.17 Å². The summed E-state index contributed by atoms with van der Waals surface area (Å²) in [5, 5.41) is 3.27. The van der Waals surface area contributed by atoms with Crippen molar-refractivity contribution in [1.82, 2.24) is 0 Å². The van der Waals surface area contributed by atoms with E-state index in [9.17, 15) is 14.0 Å². The Kier molecular flexibility index (Phi) is 4.94. The molecule has 0 unspecified atom stereocenters. The van der Waals surface area contributed by atoms with Crippen LogP contribution in [-0.4, -0.2) is 19.0 Å². The molecule has 7 heteroatoms. The molecule has 1 N–H and O–H groups in total. The zero-order chi connectivity index (χ0) is 20.5. The van der Waals surface area contributed by atoms with E-state index in [0.29, 0.717) is 22.5 Å². The van der Waals surface area contributed by atoms with Crippen molar-refractivity contribution in [2.24, 2.45) is 0 Å². The molecule has 1 aliphatic rings. The first kappa shape index (κ1) is 19.0. The van der Waals surface area contributed by atoms with Gasteiger partial charge in [-0.15, -0.1) is 0 Å². The highest BCUT2D eigenvalue weighted by Gasteiger charge is 2.34. The van der Waals surface area contributed by atoms with Gasteiger partial charge in [-0.2, -0.15) is 0 Å². The number of para-hydroxylation sites is 1. The van der Waals surface area contributed by atoms with Crippen molar-refractivity contribution >= 4 is 34.9 Å². The Balaban J connectivity index is 1.81. The SMILES string of the molecule is COC(=O)c1ccc([C@H]2Nc3ccccc3C(=O)N2c2ccc(F)c(Cl)c2)cc1. The van der Waals surface area contributed by atoms with Crippen LogP contribution >= 0.6 is 11.6 Å². The molecule has 0 saturated carbocycles. The first-order chi connectivity index (χ1) is 14.0. The van der Waals surface area contributed by atoms with Crippen molar-refractivity contribution in [3.05, 3.63) is 94.3 Å². The number of hydrogen-bond donors (Lipinski definition) is 1. The summed E-state index contributed by atoms with van der Waals surface area (Å²) >= 11 is 5.96. The van der Waals surface area contributed by atoms with E-state index in [1.165, 1.54) is 30.2 Å². The molecule has 29 heavy (non-hydrogen) atoms. The number of esters is 1. The molecule has 0 spiro atoms. The number of amides is 1. The molecule has 0 radical (unpaired) electrons. The van der Waals surface area contributed by atoms with E-state index in [1.807, 2.05) is 12.1 Å². The maximum Gasteiger partial charge on any atom is 0.337 e. The van der Waals surface area contributed by atoms with E-state index in [4.69, 9.17) is 16.3 Å². The number of rotatable bonds is 3. The molecule has 3 aromatic rings. The van der Waals surface area contributed by atoms with Crippen molar-refractivity contribution in [2.75, 3.05) is 17.3 Å². The summed E-state index contributed by atoms with van der Waals surface area (Å²) in [5.41, 5.74) is 2.76. The van der Waals surface area contributed by atoms with Gasteiger partial charge in [-0.25, -0.2) is 9.18 Å². The Morgan fingerprint density at radius 1 is 1.10 bits per heavy atom. The van der Waals surface area contributed by atoms with E-state index in [-0.39, 0.29) is 10.9 Å². The lowest BCUT2D eigenvalue weighted by molar-refractivity contribution is 0.0600. The second-order valence-electron chi connectivity index (χ2n) is 6.48. The number of hydrogen-bond acceptors (Lipinski definition) is 4. The molecule has 1 atom stereocenters. The number of ether oxygens (including phenoxy) is 1. The van der Waals surface area contributed by atoms with Gasteiger partial charge in [0.2, 0.25) is 0 Å². The van der Waals surface area contributed by atoms with Gasteiger partial charge < -0.3 is 10.1 Å². The molecule has 4 rings (SSSR count). The number of benzene rings is 3. The number of carbonyl (C=O) groups excluding carboxylic acids is 2. The second kappa shape index (κ2) is 7.56. The van der Waals surface area contributed by atoms with E-state index in [0.717, 1.165) is 5.56 Å². The lowest BCUT2D eigenvalue weighted by Crippen LogP contribution is -2.43. The van der Waals surface area contributed by atoms with Crippen LogP contribution in [0.3, 0.4) is 0 Å².